The molecule has 0 bridgehead atoms. The first kappa shape index (κ1) is 12.7. The van der Waals surface area contributed by atoms with Gasteiger partial charge in [-0.2, -0.15) is 0 Å². The van der Waals surface area contributed by atoms with Crippen LogP contribution >= 0.6 is 11.6 Å². The van der Waals surface area contributed by atoms with Crippen molar-refractivity contribution in [3.05, 3.63) is 52.7 Å². The smallest absolute Gasteiger partial charge is 0.238 e. The van der Waals surface area contributed by atoms with Gasteiger partial charge in [-0.05, 0) is 23.8 Å². The minimum atomic E-state index is -0.828. The molecule has 2 N–H and O–H groups in total. The molecule has 0 unspecified atom stereocenters. The molecule has 0 radical (unpaired) electrons. The van der Waals surface area contributed by atoms with E-state index in [-0.39, 0.29) is 23.2 Å². The number of halogens is 3. The van der Waals surface area contributed by atoms with Crippen molar-refractivity contribution in [2.24, 2.45) is 5.73 Å². The van der Waals surface area contributed by atoms with E-state index in [1.165, 1.54) is 6.20 Å². The normalized spacial score (nSPS) is 10.4. The quantitative estimate of drug-likeness (QED) is 0.931. The van der Waals surface area contributed by atoms with Gasteiger partial charge in [0.1, 0.15) is 10.8 Å². The van der Waals surface area contributed by atoms with Crippen LogP contribution in [0, 0.1) is 11.6 Å². The molecule has 1 aromatic heterocycles. The highest BCUT2D eigenvalue weighted by molar-refractivity contribution is 6.32. The molecule has 0 spiro atoms. The second-order valence-electron chi connectivity index (χ2n) is 3.47. The zero-order chi connectivity index (χ0) is 13.1. The number of aromatic nitrogens is 1. The number of hydrogen-bond donors (Lipinski definition) is 1. The Labute approximate surface area is 107 Å². The second kappa shape index (κ2) is 5.29. The number of ether oxygens (including phenoxy) is 1. The van der Waals surface area contributed by atoms with Crippen LogP contribution < -0.4 is 10.5 Å². The van der Waals surface area contributed by atoms with E-state index in [1.54, 1.807) is 6.07 Å². The van der Waals surface area contributed by atoms with Crippen LogP contribution in [0.5, 0.6) is 11.6 Å². The van der Waals surface area contributed by atoms with Crippen LogP contribution in [0.25, 0.3) is 0 Å². The highest BCUT2D eigenvalue weighted by atomic mass is 35.5. The van der Waals surface area contributed by atoms with Crippen LogP contribution in [-0.4, -0.2) is 4.98 Å². The fraction of sp³-hybridized carbons (Fsp3) is 0.0833. The lowest BCUT2D eigenvalue weighted by molar-refractivity contribution is 0.423. The average Bonchev–Trinajstić information content (AvgIpc) is 2.35. The molecule has 2 rings (SSSR count). The van der Waals surface area contributed by atoms with E-state index >= 15 is 0 Å². The van der Waals surface area contributed by atoms with Crippen LogP contribution in [0.1, 0.15) is 5.56 Å². The molecule has 0 saturated carbocycles. The monoisotopic (exact) mass is 270 g/mol. The van der Waals surface area contributed by atoms with E-state index in [0.717, 1.165) is 18.2 Å². The third-order valence-corrected chi connectivity index (χ3v) is 2.66. The number of nitrogens with two attached hydrogens (primary N) is 1. The van der Waals surface area contributed by atoms with Gasteiger partial charge in [-0.1, -0.05) is 11.6 Å². The minimum Gasteiger partial charge on any atom is -0.434 e. The Morgan fingerprint density at radius 2 is 2.06 bits per heavy atom. The first-order valence-corrected chi connectivity index (χ1v) is 5.46. The number of nitrogens with zero attached hydrogens (tertiary/aromatic N) is 1. The summed E-state index contributed by atoms with van der Waals surface area (Å²) < 4.78 is 31.3. The molecule has 94 valence electrons. The third-order valence-electron chi connectivity index (χ3n) is 2.26. The summed E-state index contributed by atoms with van der Waals surface area (Å²) in [5.74, 6) is -1.63. The molecule has 0 amide bonds. The lowest BCUT2D eigenvalue weighted by atomic mass is 10.2. The van der Waals surface area contributed by atoms with Crippen LogP contribution in [0.3, 0.4) is 0 Å². The zero-order valence-electron chi connectivity index (χ0n) is 9.16. The first-order chi connectivity index (χ1) is 8.61. The summed E-state index contributed by atoms with van der Waals surface area (Å²) in [4.78, 5) is 3.88. The molecule has 0 aliphatic heterocycles. The van der Waals surface area contributed by atoms with E-state index in [1.807, 2.05) is 0 Å². The van der Waals surface area contributed by atoms with Gasteiger partial charge >= 0.3 is 0 Å². The van der Waals surface area contributed by atoms with E-state index in [0.29, 0.717) is 5.56 Å². The molecule has 3 nitrogen and oxygen atoms in total. The molecule has 0 aliphatic rings. The van der Waals surface area contributed by atoms with Crippen LogP contribution in [0.2, 0.25) is 5.02 Å². The summed E-state index contributed by atoms with van der Waals surface area (Å²) >= 11 is 5.98. The van der Waals surface area contributed by atoms with Crippen molar-refractivity contribution in [1.82, 2.24) is 4.98 Å². The summed E-state index contributed by atoms with van der Waals surface area (Å²) in [6.07, 6.45) is 1.45. The Hall–Kier alpha value is -1.72. The minimum absolute atomic E-state index is 0.0325. The Kier molecular flexibility index (Phi) is 3.74. The maximum absolute atomic E-state index is 13.4. The van der Waals surface area contributed by atoms with Gasteiger partial charge in [0.15, 0.2) is 11.6 Å². The maximum atomic E-state index is 13.4. The number of hydrogen-bond acceptors (Lipinski definition) is 3. The molecule has 1 aromatic carbocycles. The first-order valence-electron chi connectivity index (χ1n) is 5.08. The molecular formula is C12H9ClF2N2O. The topological polar surface area (TPSA) is 48.1 Å². The molecular weight excluding hydrogens is 262 g/mol. The van der Waals surface area contributed by atoms with Gasteiger partial charge < -0.3 is 10.5 Å². The van der Waals surface area contributed by atoms with Gasteiger partial charge in [-0.25, -0.2) is 13.8 Å². The Morgan fingerprint density at radius 3 is 2.72 bits per heavy atom. The van der Waals surface area contributed by atoms with E-state index < -0.39 is 11.6 Å². The summed E-state index contributed by atoms with van der Waals surface area (Å²) in [6, 6.07) is 4.60. The molecule has 1 heterocycles. The Morgan fingerprint density at radius 1 is 1.28 bits per heavy atom. The fourth-order valence-corrected chi connectivity index (χ4v) is 1.58. The molecule has 18 heavy (non-hydrogen) atoms. The zero-order valence-corrected chi connectivity index (χ0v) is 9.92. The summed E-state index contributed by atoms with van der Waals surface area (Å²) in [5.41, 5.74) is 6.10. The van der Waals surface area contributed by atoms with Crippen molar-refractivity contribution in [1.29, 1.82) is 0 Å². The molecule has 0 atom stereocenters. The van der Waals surface area contributed by atoms with Gasteiger partial charge in [-0.15, -0.1) is 0 Å². The number of benzene rings is 1. The van der Waals surface area contributed by atoms with Gasteiger partial charge in [0, 0.05) is 18.8 Å². The van der Waals surface area contributed by atoms with Gasteiger partial charge in [0.05, 0.1) is 0 Å². The average molecular weight is 271 g/mol. The van der Waals surface area contributed by atoms with E-state index in [9.17, 15) is 8.78 Å². The van der Waals surface area contributed by atoms with Crippen molar-refractivity contribution < 1.29 is 13.5 Å². The number of rotatable bonds is 3. The van der Waals surface area contributed by atoms with Crippen molar-refractivity contribution in [2.45, 2.75) is 6.54 Å². The fourth-order valence-electron chi connectivity index (χ4n) is 1.35. The molecule has 2 aromatic rings. The molecule has 0 fully saturated rings. The summed E-state index contributed by atoms with van der Waals surface area (Å²) in [7, 11) is 0. The highest BCUT2D eigenvalue weighted by Gasteiger charge is 2.12. The van der Waals surface area contributed by atoms with Crippen LogP contribution in [0.4, 0.5) is 8.78 Å². The van der Waals surface area contributed by atoms with Gasteiger partial charge in [0.25, 0.3) is 0 Å². The lowest BCUT2D eigenvalue weighted by Gasteiger charge is -2.09. The largest absolute Gasteiger partial charge is 0.434 e. The molecule has 6 heteroatoms. The SMILES string of the molecule is NCc1ccnc(Oc2ccc(F)cc2F)c1Cl. The predicted molar refractivity (Wildman–Crippen MR) is 63.6 cm³/mol. The molecule has 0 aliphatic carbocycles. The van der Waals surface area contributed by atoms with Crippen molar-refractivity contribution in [3.8, 4) is 11.6 Å². The van der Waals surface area contributed by atoms with Crippen molar-refractivity contribution >= 4 is 11.6 Å². The van der Waals surface area contributed by atoms with Crippen molar-refractivity contribution in [2.75, 3.05) is 0 Å². The highest BCUT2D eigenvalue weighted by Crippen LogP contribution is 2.31. The van der Waals surface area contributed by atoms with Gasteiger partial charge in [-0.3, -0.25) is 0 Å². The summed E-state index contributed by atoms with van der Waals surface area (Å²) in [5, 5.41) is 0.212. The Bertz CT molecular complexity index is 578. The lowest BCUT2D eigenvalue weighted by Crippen LogP contribution is -2.00. The van der Waals surface area contributed by atoms with E-state index in [2.05, 4.69) is 4.98 Å². The maximum Gasteiger partial charge on any atom is 0.238 e. The van der Waals surface area contributed by atoms with Gasteiger partial charge in [0.2, 0.25) is 5.88 Å². The predicted octanol–water partition coefficient (Wildman–Crippen LogP) is 3.26. The third kappa shape index (κ3) is 2.57. The van der Waals surface area contributed by atoms with E-state index in [4.69, 9.17) is 22.1 Å². The van der Waals surface area contributed by atoms with Crippen LogP contribution in [0.15, 0.2) is 30.5 Å². The molecule has 0 saturated heterocycles. The standard InChI is InChI=1S/C12H9ClF2N2O/c13-11-7(6-16)3-4-17-12(11)18-10-2-1-8(14)5-9(10)15/h1-5H,6,16H2. The summed E-state index contributed by atoms with van der Waals surface area (Å²) in [6.45, 7) is 0.212. The van der Waals surface area contributed by atoms with Crippen LogP contribution in [-0.2, 0) is 6.54 Å². The Balaban J connectivity index is 2.34. The van der Waals surface area contributed by atoms with Crippen molar-refractivity contribution in [3.63, 3.8) is 0 Å². The number of pyridine rings is 1. The second-order valence-corrected chi connectivity index (χ2v) is 3.85.